The largest absolute Gasteiger partial charge is 0.121 e. The first kappa shape index (κ1) is 3.27. The second-order valence-corrected chi connectivity index (χ2v) is 2.07. The molecule has 0 N–H and O–H groups in total. The summed E-state index contributed by atoms with van der Waals surface area (Å²) in [6.07, 6.45) is 0. The fourth-order valence-electron chi connectivity index (χ4n) is 0.415. The van der Waals surface area contributed by atoms with Crippen LogP contribution >= 0.6 is 23.2 Å². The Kier molecular flexibility index (Phi) is 1.12. The van der Waals surface area contributed by atoms with Crippen molar-refractivity contribution in [2.75, 3.05) is 0 Å². The zero-order valence-corrected chi connectivity index (χ0v) is 5.97. The van der Waals surface area contributed by atoms with Crippen molar-refractivity contribution in [1.82, 2.24) is 0 Å². The Bertz CT molecular complexity index is 322. The van der Waals surface area contributed by atoms with Crippen LogP contribution in [-0.4, -0.2) is 0 Å². The van der Waals surface area contributed by atoms with Crippen LogP contribution in [0.3, 0.4) is 0 Å². The maximum atomic E-state index is 7.41. The van der Waals surface area contributed by atoms with Crippen molar-refractivity contribution in [3.63, 3.8) is 0 Å². The molecule has 0 aromatic heterocycles. The van der Waals surface area contributed by atoms with Crippen LogP contribution in [0, 0.1) is 0 Å². The maximum absolute atomic E-state index is 7.41. The van der Waals surface area contributed by atoms with Gasteiger partial charge < -0.3 is 0 Å². The van der Waals surface area contributed by atoms with Crippen molar-refractivity contribution < 1.29 is 5.48 Å². The summed E-state index contributed by atoms with van der Waals surface area (Å²) in [7, 11) is 0. The highest BCUT2D eigenvalue weighted by Crippen LogP contribution is 2.15. The summed E-state index contributed by atoms with van der Waals surface area (Å²) in [5.41, 5.74) is 0.245. The molecule has 2 heteroatoms. The molecular formula is C7H6Cl2. The highest BCUT2D eigenvalue weighted by Gasteiger charge is 1.93. The van der Waals surface area contributed by atoms with Gasteiger partial charge in [0.05, 0.1) is 5.48 Å². The predicted molar refractivity (Wildman–Crippen MR) is 41.0 cm³/mol. The number of benzene rings is 1. The van der Waals surface area contributed by atoms with Crippen molar-refractivity contribution in [1.29, 1.82) is 0 Å². The fraction of sp³-hybridized carbons (Fsp3) is 0.143. The van der Waals surface area contributed by atoms with E-state index in [-0.39, 0.29) is 40.6 Å². The third-order valence-corrected chi connectivity index (χ3v) is 1.44. The number of hydrogen-bond acceptors (Lipinski definition) is 0. The topological polar surface area (TPSA) is 0 Å². The van der Waals surface area contributed by atoms with E-state index in [1.165, 1.54) is 0 Å². The zero-order chi connectivity index (χ0) is 10.2. The van der Waals surface area contributed by atoms with E-state index in [1.54, 1.807) is 0 Å². The summed E-state index contributed by atoms with van der Waals surface area (Å²) in [6, 6.07) is -1.03. The standard InChI is InChI=1S/C7H6Cl2/c8-5-6-3-1-2-4-7(6)9/h1-4H,5H2/i1D,2D,3D,4D. The molecule has 0 unspecified atom stereocenters. The minimum Gasteiger partial charge on any atom is -0.121 e. The van der Waals surface area contributed by atoms with Crippen LogP contribution in [0.25, 0.3) is 0 Å². The number of rotatable bonds is 1. The highest BCUT2D eigenvalue weighted by molar-refractivity contribution is 6.32. The summed E-state index contributed by atoms with van der Waals surface area (Å²) >= 11 is 11.2. The van der Waals surface area contributed by atoms with Crippen LogP contribution in [0.4, 0.5) is 0 Å². The molecule has 0 nitrogen and oxygen atoms in total. The molecule has 0 atom stereocenters. The Morgan fingerprint density at radius 1 is 1.44 bits per heavy atom. The minimum absolute atomic E-state index is 0.000926. The van der Waals surface area contributed by atoms with Gasteiger partial charge in [0.15, 0.2) is 0 Å². The first-order valence-electron chi connectivity index (χ1n) is 4.31. The van der Waals surface area contributed by atoms with Gasteiger partial charge in [0.1, 0.15) is 0 Å². The Morgan fingerprint density at radius 3 is 2.78 bits per heavy atom. The molecule has 48 valence electrons. The summed E-state index contributed by atoms with van der Waals surface area (Å²) in [5, 5.41) is 0.000926. The van der Waals surface area contributed by atoms with Crippen LogP contribution in [0.1, 0.15) is 11.0 Å². The number of alkyl halides is 1. The Morgan fingerprint density at radius 2 is 2.11 bits per heavy atom. The average Bonchev–Trinajstić information content (AvgIpc) is 2.13. The second-order valence-electron chi connectivity index (χ2n) is 1.43. The molecule has 0 heterocycles. The predicted octanol–water partition coefficient (Wildman–Crippen LogP) is 3.08. The van der Waals surface area contributed by atoms with Gasteiger partial charge in [0, 0.05) is 10.9 Å². The van der Waals surface area contributed by atoms with Crippen molar-refractivity contribution in [2.24, 2.45) is 0 Å². The molecule has 9 heavy (non-hydrogen) atoms. The van der Waals surface area contributed by atoms with Crippen molar-refractivity contribution >= 4 is 23.2 Å². The summed E-state index contributed by atoms with van der Waals surface area (Å²) in [4.78, 5) is 0. The van der Waals surface area contributed by atoms with Gasteiger partial charge in [0.25, 0.3) is 0 Å². The van der Waals surface area contributed by atoms with Gasteiger partial charge in [-0.1, -0.05) is 29.7 Å². The van der Waals surface area contributed by atoms with E-state index >= 15 is 0 Å². The van der Waals surface area contributed by atoms with Gasteiger partial charge in [-0.2, -0.15) is 0 Å². The molecule has 0 radical (unpaired) electrons. The molecule has 0 aliphatic heterocycles. The molecule has 1 aromatic carbocycles. The van der Waals surface area contributed by atoms with Crippen LogP contribution in [0.15, 0.2) is 24.2 Å². The zero-order valence-electron chi connectivity index (χ0n) is 8.46. The molecular weight excluding hydrogens is 155 g/mol. The van der Waals surface area contributed by atoms with Crippen LogP contribution < -0.4 is 0 Å². The summed E-state index contributed by atoms with van der Waals surface area (Å²) < 4.78 is 29.3. The third kappa shape index (κ3) is 1.60. The van der Waals surface area contributed by atoms with Crippen molar-refractivity contribution in [3.8, 4) is 0 Å². The van der Waals surface area contributed by atoms with Crippen molar-refractivity contribution in [3.05, 3.63) is 34.8 Å². The smallest absolute Gasteiger partial charge is 0.0639 e. The van der Waals surface area contributed by atoms with E-state index in [2.05, 4.69) is 0 Å². The van der Waals surface area contributed by atoms with E-state index in [0.29, 0.717) is 0 Å². The van der Waals surface area contributed by atoms with Gasteiger partial charge in [-0.15, -0.1) is 11.6 Å². The SMILES string of the molecule is [2H]c1c([2H])c([2H])c(CCl)c(Cl)c1[2H]. The van der Waals surface area contributed by atoms with E-state index < -0.39 is 0 Å². The lowest BCUT2D eigenvalue weighted by Gasteiger charge is -1.94. The first-order chi connectivity index (χ1) is 6.00. The molecule has 0 bridgehead atoms. The van der Waals surface area contributed by atoms with E-state index in [0.717, 1.165) is 0 Å². The molecule has 0 spiro atoms. The lowest BCUT2D eigenvalue weighted by Crippen LogP contribution is -1.76. The molecule has 0 saturated heterocycles. The maximum Gasteiger partial charge on any atom is 0.0639 e. The Labute approximate surface area is 70.0 Å². The van der Waals surface area contributed by atoms with Gasteiger partial charge in [-0.05, 0) is 11.6 Å². The number of hydrogen-bond donors (Lipinski definition) is 0. The van der Waals surface area contributed by atoms with E-state index in [1.807, 2.05) is 0 Å². The normalized spacial score (nSPS) is 15.8. The van der Waals surface area contributed by atoms with Crippen LogP contribution in [0.2, 0.25) is 5.02 Å². The lowest BCUT2D eigenvalue weighted by atomic mass is 10.2. The van der Waals surface area contributed by atoms with Crippen molar-refractivity contribution in [2.45, 2.75) is 5.88 Å². The second kappa shape index (κ2) is 3.09. The summed E-state index contributed by atoms with van der Waals surface area (Å²) in [5.74, 6) is -0.0181. The van der Waals surface area contributed by atoms with E-state index in [4.69, 9.17) is 28.7 Å². The molecule has 0 aliphatic rings. The molecule has 0 amide bonds. The van der Waals surface area contributed by atoms with Crippen LogP contribution in [0.5, 0.6) is 0 Å². The molecule has 0 saturated carbocycles. The van der Waals surface area contributed by atoms with Crippen LogP contribution in [-0.2, 0) is 5.88 Å². The highest BCUT2D eigenvalue weighted by atomic mass is 35.5. The quantitative estimate of drug-likeness (QED) is 0.561. The molecule has 0 aliphatic carbocycles. The summed E-state index contributed by atoms with van der Waals surface area (Å²) in [6.45, 7) is 0. The third-order valence-electron chi connectivity index (χ3n) is 0.847. The van der Waals surface area contributed by atoms with Gasteiger partial charge in [-0.3, -0.25) is 0 Å². The Balaban J connectivity index is 3.56. The first-order valence-corrected chi connectivity index (χ1v) is 3.22. The number of halogens is 2. The molecule has 0 fully saturated rings. The Hall–Kier alpha value is -0.200. The average molecular weight is 165 g/mol. The monoisotopic (exact) mass is 164 g/mol. The molecule has 1 rings (SSSR count). The van der Waals surface area contributed by atoms with Gasteiger partial charge in [-0.25, -0.2) is 0 Å². The fourth-order valence-corrected chi connectivity index (χ4v) is 0.845. The minimum atomic E-state index is -0.330. The van der Waals surface area contributed by atoms with E-state index in [9.17, 15) is 0 Å². The lowest BCUT2D eigenvalue weighted by molar-refractivity contribution is 1.40. The van der Waals surface area contributed by atoms with Gasteiger partial charge >= 0.3 is 0 Å². The molecule has 1 aromatic rings. The van der Waals surface area contributed by atoms with Gasteiger partial charge in [0.2, 0.25) is 0 Å².